The van der Waals surface area contributed by atoms with Crippen LogP contribution in [-0.4, -0.2) is 26.1 Å². The summed E-state index contributed by atoms with van der Waals surface area (Å²) >= 11 is 0. The van der Waals surface area contributed by atoms with Crippen molar-refractivity contribution in [1.29, 1.82) is 0 Å². The number of rotatable bonds is 3. The summed E-state index contributed by atoms with van der Waals surface area (Å²) in [5.74, 6) is 0.749. The van der Waals surface area contributed by atoms with Gasteiger partial charge >= 0.3 is 0 Å². The minimum Gasteiger partial charge on any atom is -0.328 e. The average molecular weight is 247 g/mol. The number of amides is 1. The quantitative estimate of drug-likeness (QED) is 0.748. The van der Waals surface area contributed by atoms with Gasteiger partial charge in [-0.25, -0.2) is 0 Å². The molecule has 2 aromatic rings. The van der Waals surface area contributed by atoms with Crippen molar-refractivity contribution in [3.63, 3.8) is 0 Å². The van der Waals surface area contributed by atoms with Crippen LogP contribution >= 0.6 is 0 Å². The number of nitrogens with zero attached hydrogens (tertiary/aromatic N) is 2. The molecular formula is C11H13N5O2. The van der Waals surface area contributed by atoms with Crippen molar-refractivity contribution in [2.45, 2.75) is 19.8 Å². The summed E-state index contributed by atoms with van der Waals surface area (Å²) in [5, 5.41) is 9.16. The van der Waals surface area contributed by atoms with Crippen molar-refractivity contribution >= 4 is 11.9 Å². The second-order valence-electron chi connectivity index (χ2n) is 4.09. The molecule has 0 atom stereocenters. The van der Waals surface area contributed by atoms with Gasteiger partial charge in [0.15, 0.2) is 0 Å². The first-order chi connectivity index (χ1) is 8.56. The van der Waals surface area contributed by atoms with Gasteiger partial charge in [0.25, 0.3) is 5.91 Å². The minimum atomic E-state index is -0.374. The van der Waals surface area contributed by atoms with Crippen LogP contribution in [0.25, 0.3) is 0 Å². The summed E-state index contributed by atoms with van der Waals surface area (Å²) in [7, 11) is 0. The highest BCUT2D eigenvalue weighted by atomic mass is 16.2. The fraction of sp³-hybridized carbons (Fsp3) is 0.273. The smallest absolute Gasteiger partial charge is 0.259 e. The van der Waals surface area contributed by atoms with Crippen molar-refractivity contribution in [3.8, 4) is 0 Å². The Balaban J connectivity index is 2.11. The second-order valence-corrected chi connectivity index (χ2v) is 4.09. The fourth-order valence-electron chi connectivity index (χ4n) is 1.31. The average Bonchev–Trinajstić information content (AvgIpc) is 2.78. The minimum absolute atomic E-state index is 0.205. The molecule has 0 aliphatic carbocycles. The highest BCUT2D eigenvalue weighted by Gasteiger charge is 2.11. The number of carbonyl (C=O) groups excluding carboxylic acids is 1. The van der Waals surface area contributed by atoms with Gasteiger partial charge in [-0.2, -0.15) is 4.98 Å². The van der Waals surface area contributed by atoms with E-state index in [1.165, 1.54) is 18.3 Å². The number of anilines is 1. The standard InChI is InChI=1S/C11H13N5O2/c1-6(2)9-13-11(16-15-9)14-10(18)7-3-4-8(17)12-5-7/h3-6H,1-2H3,(H,12,17)(H2,13,14,15,16,18). The SMILES string of the molecule is CC(C)c1nc(NC(=O)c2ccc(=O)[nH]c2)n[nH]1. The summed E-state index contributed by atoms with van der Waals surface area (Å²) in [6.07, 6.45) is 1.34. The van der Waals surface area contributed by atoms with Gasteiger partial charge in [-0.05, 0) is 6.07 Å². The Bertz CT molecular complexity index is 593. The largest absolute Gasteiger partial charge is 0.328 e. The Hall–Kier alpha value is -2.44. The molecular weight excluding hydrogens is 234 g/mol. The molecule has 18 heavy (non-hydrogen) atoms. The van der Waals surface area contributed by atoms with Crippen LogP contribution in [0.4, 0.5) is 5.95 Å². The number of aromatic nitrogens is 4. The fourth-order valence-corrected chi connectivity index (χ4v) is 1.31. The lowest BCUT2D eigenvalue weighted by atomic mass is 10.2. The maximum atomic E-state index is 11.8. The zero-order valence-corrected chi connectivity index (χ0v) is 10.0. The molecule has 0 aliphatic rings. The maximum Gasteiger partial charge on any atom is 0.259 e. The van der Waals surface area contributed by atoms with E-state index in [2.05, 4.69) is 25.5 Å². The van der Waals surface area contributed by atoms with Gasteiger partial charge in [0.05, 0.1) is 5.56 Å². The summed E-state index contributed by atoms with van der Waals surface area (Å²) in [6.45, 7) is 3.93. The van der Waals surface area contributed by atoms with E-state index >= 15 is 0 Å². The van der Waals surface area contributed by atoms with E-state index in [0.29, 0.717) is 11.4 Å². The van der Waals surface area contributed by atoms with Crippen LogP contribution in [0.2, 0.25) is 0 Å². The Morgan fingerprint density at radius 2 is 2.17 bits per heavy atom. The predicted molar refractivity (Wildman–Crippen MR) is 65.5 cm³/mol. The zero-order valence-electron chi connectivity index (χ0n) is 10.0. The lowest BCUT2D eigenvalue weighted by Crippen LogP contribution is -2.15. The first-order valence-electron chi connectivity index (χ1n) is 5.48. The number of H-pyrrole nitrogens is 2. The summed E-state index contributed by atoms with van der Waals surface area (Å²) in [4.78, 5) is 29.2. The Labute approximate surface area is 103 Å². The van der Waals surface area contributed by atoms with Crippen molar-refractivity contribution in [3.05, 3.63) is 40.1 Å². The highest BCUT2D eigenvalue weighted by molar-refractivity contribution is 6.02. The number of carbonyl (C=O) groups is 1. The van der Waals surface area contributed by atoms with E-state index in [4.69, 9.17) is 0 Å². The lowest BCUT2D eigenvalue weighted by molar-refractivity contribution is 0.102. The van der Waals surface area contributed by atoms with Crippen LogP contribution in [0.5, 0.6) is 0 Å². The van der Waals surface area contributed by atoms with Crippen LogP contribution in [-0.2, 0) is 0 Å². The van der Waals surface area contributed by atoms with Crippen LogP contribution in [0.1, 0.15) is 35.9 Å². The molecule has 1 amide bonds. The third kappa shape index (κ3) is 2.62. The van der Waals surface area contributed by atoms with Crippen molar-refractivity contribution in [2.75, 3.05) is 5.32 Å². The van der Waals surface area contributed by atoms with Crippen molar-refractivity contribution in [1.82, 2.24) is 20.2 Å². The zero-order chi connectivity index (χ0) is 13.1. The Morgan fingerprint density at radius 3 is 2.72 bits per heavy atom. The monoisotopic (exact) mass is 247 g/mol. The van der Waals surface area contributed by atoms with E-state index in [1.54, 1.807) is 0 Å². The molecule has 7 heteroatoms. The number of nitrogens with one attached hydrogen (secondary N) is 3. The van der Waals surface area contributed by atoms with Crippen LogP contribution in [0.3, 0.4) is 0 Å². The molecule has 2 aromatic heterocycles. The van der Waals surface area contributed by atoms with Crippen LogP contribution in [0.15, 0.2) is 23.1 Å². The molecule has 0 bridgehead atoms. The highest BCUT2D eigenvalue weighted by Crippen LogP contribution is 2.10. The first kappa shape index (κ1) is 12.0. The molecule has 0 radical (unpaired) electrons. The first-order valence-corrected chi connectivity index (χ1v) is 5.48. The normalized spacial score (nSPS) is 10.6. The number of hydrogen-bond donors (Lipinski definition) is 3. The molecule has 0 unspecified atom stereocenters. The second kappa shape index (κ2) is 4.82. The van der Waals surface area contributed by atoms with Gasteiger partial charge in [-0.3, -0.25) is 20.0 Å². The molecule has 0 saturated carbocycles. The third-order valence-corrected chi connectivity index (χ3v) is 2.32. The van der Waals surface area contributed by atoms with E-state index in [1.807, 2.05) is 13.8 Å². The molecule has 0 aliphatic heterocycles. The van der Waals surface area contributed by atoms with Gasteiger partial charge in [0.1, 0.15) is 5.82 Å². The molecule has 2 heterocycles. The molecule has 0 fully saturated rings. The van der Waals surface area contributed by atoms with Gasteiger partial charge in [0.2, 0.25) is 11.5 Å². The van der Waals surface area contributed by atoms with E-state index in [-0.39, 0.29) is 23.3 Å². The molecule has 0 aromatic carbocycles. The molecule has 0 spiro atoms. The van der Waals surface area contributed by atoms with Crippen molar-refractivity contribution < 1.29 is 4.79 Å². The number of pyridine rings is 1. The molecule has 94 valence electrons. The van der Waals surface area contributed by atoms with Gasteiger partial charge in [0, 0.05) is 18.2 Å². The molecule has 0 saturated heterocycles. The van der Waals surface area contributed by atoms with E-state index in [9.17, 15) is 9.59 Å². The maximum absolute atomic E-state index is 11.8. The Morgan fingerprint density at radius 1 is 1.39 bits per heavy atom. The van der Waals surface area contributed by atoms with Gasteiger partial charge < -0.3 is 4.98 Å². The lowest BCUT2D eigenvalue weighted by Gasteiger charge is -1.99. The number of hydrogen-bond acceptors (Lipinski definition) is 4. The molecule has 7 nitrogen and oxygen atoms in total. The third-order valence-electron chi connectivity index (χ3n) is 2.32. The summed E-state index contributed by atoms with van der Waals surface area (Å²) < 4.78 is 0. The summed E-state index contributed by atoms with van der Waals surface area (Å²) in [5.41, 5.74) is 0.0806. The van der Waals surface area contributed by atoms with E-state index < -0.39 is 0 Å². The topological polar surface area (TPSA) is 104 Å². The van der Waals surface area contributed by atoms with Gasteiger partial charge in [-0.15, -0.1) is 5.10 Å². The predicted octanol–water partition coefficient (Wildman–Crippen LogP) is 0.869. The molecule has 3 N–H and O–H groups in total. The Kier molecular flexibility index (Phi) is 3.22. The van der Waals surface area contributed by atoms with E-state index in [0.717, 1.165) is 0 Å². The molecule has 2 rings (SSSR count). The van der Waals surface area contributed by atoms with Crippen LogP contribution in [0, 0.1) is 0 Å². The number of aromatic amines is 2. The van der Waals surface area contributed by atoms with Crippen LogP contribution < -0.4 is 10.9 Å². The summed E-state index contributed by atoms with van der Waals surface area (Å²) in [6, 6.07) is 2.72. The van der Waals surface area contributed by atoms with Gasteiger partial charge in [-0.1, -0.05) is 13.8 Å². The van der Waals surface area contributed by atoms with Crippen molar-refractivity contribution in [2.24, 2.45) is 0 Å².